The second-order valence-electron chi connectivity index (χ2n) is 11.1. The van der Waals surface area contributed by atoms with E-state index in [1.807, 2.05) is 37.6 Å². The molecule has 2 fully saturated rings. The lowest BCUT2D eigenvalue weighted by Gasteiger charge is -2.23. The zero-order valence-electron chi connectivity index (χ0n) is 22.3. The Morgan fingerprint density at radius 1 is 1.13 bits per heavy atom. The number of halogens is 2. The predicted molar refractivity (Wildman–Crippen MR) is 144 cm³/mol. The summed E-state index contributed by atoms with van der Waals surface area (Å²) < 4.78 is 19.0. The average molecular weight is 552 g/mol. The van der Waals surface area contributed by atoms with Gasteiger partial charge in [0.25, 0.3) is 11.9 Å². The largest absolute Gasteiger partial charge is 0.382 e. The summed E-state index contributed by atoms with van der Waals surface area (Å²) in [5.41, 5.74) is 2.68. The maximum atomic E-state index is 13.6. The molecule has 0 bridgehead atoms. The van der Waals surface area contributed by atoms with Gasteiger partial charge in [0.2, 0.25) is 0 Å². The quantitative estimate of drug-likeness (QED) is 0.371. The fourth-order valence-corrected chi connectivity index (χ4v) is 6.89. The summed E-state index contributed by atoms with van der Waals surface area (Å²) in [5.74, 6) is 0.968. The molecule has 204 valence electrons. The first-order valence-corrected chi connectivity index (χ1v) is 13.5. The number of nitrogens with zero attached hydrogens (tertiary/aromatic N) is 6. The highest BCUT2D eigenvalue weighted by Crippen LogP contribution is 2.56. The fraction of sp³-hybridized carbons (Fsp3) is 0.429. The summed E-state index contributed by atoms with van der Waals surface area (Å²) >= 11 is 5.89. The molecule has 3 aromatic heterocycles. The lowest BCUT2D eigenvalue weighted by atomic mass is 9.91. The summed E-state index contributed by atoms with van der Waals surface area (Å²) in [6, 6.07) is 8.15. The Morgan fingerprint density at radius 2 is 1.79 bits per heavy atom. The Labute approximate surface area is 230 Å². The molecule has 2 atom stereocenters. The van der Waals surface area contributed by atoms with Crippen molar-refractivity contribution in [2.45, 2.75) is 51.0 Å². The third-order valence-electron chi connectivity index (χ3n) is 8.42. The van der Waals surface area contributed by atoms with E-state index in [0.717, 1.165) is 29.9 Å². The maximum Gasteiger partial charge on any atom is 0.274 e. The molecule has 2 aliphatic carbocycles. The standard InChI is InChI=1S/C28H31ClFN7O2/c1-15-5-6-16(2)37(15)27-33-26(36(4)34-27)28(39)12-18-9-17(10-19(18)13-28)23-24(35(3)14-31-23)25(38)32-20-7-8-22(30)21(29)11-20/h5-8,11,14,17-19,39H,9-10,12-13H2,1-4H3,(H,32,38). The summed E-state index contributed by atoms with van der Waals surface area (Å²) in [7, 11) is 3.62. The Hall–Kier alpha value is -3.50. The molecule has 2 unspecified atom stereocenters. The van der Waals surface area contributed by atoms with E-state index in [-0.39, 0.29) is 28.7 Å². The van der Waals surface area contributed by atoms with Crippen molar-refractivity contribution in [1.82, 2.24) is 28.9 Å². The molecular weight excluding hydrogens is 521 g/mol. The Kier molecular flexibility index (Phi) is 6.15. The number of nitrogens with one attached hydrogen (secondary N) is 1. The molecular formula is C28H31ClFN7O2. The lowest BCUT2D eigenvalue weighted by Crippen LogP contribution is -2.27. The molecule has 0 radical (unpaired) electrons. The van der Waals surface area contributed by atoms with E-state index in [1.54, 1.807) is 22.6 Å². The third kappa shape index (κ3) is 4.35. The molecule has 2 aliphatic rings. The first-order chi connectivity index (χ1) is 18.5. The number of hydrogen-bond donors (Lipinski definition) is 2. The highest BCUT2D eigenvalue weighted by atomic mass is 35.5. The SMILES string of the molecule is Cc1ccc(C)n1-c1nc(C2(O)CC3CC(c4ncn(C)c4C(=O)Nc4ccc(F)c(Cl)c4)CC3C2)n(C)n1. The number of aliphatic hydroxyl groups is 1. The fourth-order valence-electron chi connectivity index (χ4n) is 6.71. The Morgan fingerprint density at radius 3 is 2.44 bits per heavy atom. The topological polar surface area (TPSA) is 103 Å². The minimum Gasteiger partial charge on any atom is -0.382 e. The molecule has 11 heteroatoms. The summed E-state index contributed by atoms with van der Waals surface area (Å²) in [4.78, 5) is 22.6. The number of aromatic nitrogens is 6. The molecule has 2 N–H and O–H groups in total. The molecule has 39 heavy (non-hydrogen) atoms. The van der Waals surface area contributed by atoms with Gasteiger partial charge >= 0.3 is 0 Å². The molecule has 6 rings (SSSR count). The van der Waals surface area contributed by atoms with Gasteiger partial charge < -0.3 is 15.0 Å². The van der Waals surface area contributed by atoms with Crippen molar-refractivity contribution >= 4 is 23.2 Å². The van der Waals surface area contributed by atoms with Crippen molar-refractivity contribution < 1.29 is 14.3 Å². The molecule has 0 aliphatic heterocycles. The minimum atomic E-state index is -1.05. The first kappa shape index (κ1) is 25.8. The zero-order valence-corrected chi connectivity index (χ0v) is 23.1. The van der Waals surface area contributed by atoms with Crippen LogP contribution in [-0.4, -0.2) is 39.9 Å². The molecule has 1 aromatic carbocycles. The Balaban J connectivity index is 1.19. The van der Waals surface area contributed by atoms with Gasteiger partial charge in [-0.25, -0.2) is 14.1 Å². The lowest BCUT2D eigenvalue weighted by molar-refractivity contribution is 0.0219. The second kappa shape index (κ2) is 9.31. The van der Waals surface area contributed by atoms with Crippen molar-refractivity contribution in [3.05, 3.63) is 76.1 Å². The van der Waals surface area contributed by atoms with Crippen LogP contribution in [0, 0.1) is 31.5 Å². The number of amides is 1. The summed E-state index contributed by atoms with van der Waals surface area (Å²) in [5, 5.41) is 19.1. The van der Waals surface area contributed by atoms with E-state index in [2.05, 4.69) is 15.4 Å². The van der Waals surface area contributed by atoms with E-state index >= 15 is 0 Å². The summed E-state index contributed by atoms with van der Waals surface area (Å²) in [6.07, 6.45) is 4.48. The zero-order chi connectivity index (χ0) is 27.6. The minimum absolute atomic E-state index is 0.0530. The predicted octanol–water partition coefficient (Wildman–Crippen LogP) is 4.79. The molecule has 3 heterocycles. The van der Waals surface area contributed by atoms with Gasteiger partial charge in [-0.15, -0.1) is 5.10 Å². The Bertz CT molecular complexity index is 1550. The number of anilines is 1. The van der Waals surface area contributed by atoms with Crippen LogP contribution in [0.25, 0.3) is 5.95 Å². The van der Waals surface area contributed by atoms with Crippen molar-refractivity contribution in [2.75, 3.05) is 5.32 Å². The van der Waals surface area contributed by atoms with Crippen molar-refractivity contribution in [1.29, 1.82) is 0 Å². The number of fused-ring (bicyclic) bond motifs is 1. The highest BCUT2D eigenvalue weighted by molar-refractivity contribution is 6.31. The number of carbonyl (C=O) groups is 1. The van der Waals surface area contributed by atoms with E-state index in [0.29, 0.717) is 36.0 Å². The van der Waals surface area contributed by atoms with Gasteiger partial charge in [0.15, 0.2) is 5.82 Å². The highest BCUT2D eigenvalue weighted by Gasteiger charge is 2.52. The van der Waals surface area contributed by atoms with Crippen molar-refractivity contribution in [3.8, 4) is 5.95 Å². The van der Waals surface area contributed by atoms with Crippen LogP contribution in [0.4, 0.5) is 10.1 Å². The second-order valence-corrected chi connectivity index (χ2v) is 11.5. The number of benzene rings is 1. The number of carbonyl (C=O) groups excluding carboxylic acids is 1. The van der Waals surface area contributed by atoms with Crippen LogP contribution in [-0.2, 0) is 19.7 Å². The van der Waals surface area contributed by atoms with Crippen LogP contribution in [0.2, 0.25) is 5.02 Å². The van der Waals surface area contributed by atoms with E-state index in [4.69, 9.17) is 16.6 Å². The van der Waals surface area contributed by atoms with E-state index < -0.39 is 11.4 Å². The molecule has 2 saturated carbocycles. The molecule has 4 aromatic rings. The van der Waals surface area contributed by atoms with Crippen LogP contribution in [0.15, 0.2) is 36.7 Å². The summed E-state index contributed by atoms with van der Waals surface area (Å²) in [6.45, 7) is 4.03. The van der Waals surface area contributed by atoms with Gasteiger partial charge in [-0.3, -0.25) is 9.36 Å². The molecule has 0 spiro atoms. The number of hydrogen-bond acceptors (Lipinski definition) is 5. The van der Waals surface area contributed by atoms with Gasteiger partial charge in [-0.1, -0.05) is 11.6 Å². The van der Waals surface area contributed by atoms with Crippen molar-refractivity contribution in [2.24, 2.45) is 25.9 Å². The molecule has 0 saturated heterocycles. The van der Waals surface area contributed by atoms with Gasteiger partial charge in [0.05, 0.1) is 17.0 Å². The van der Waals surface area contributed by atoms with Gasteiger partial charge in [-0.05, 0) is 81.7 Å². The van der Waals surface area contributed by atoms with Crippen LogP contribution in [0.1, 0.15) is 65.0 Å². The van der Waals surface area contributed by atoms with E-state index in [1.165, 1.54) is 18.2 Å². The first-order valence-electron chi connectivity index (χ1n) is 13.1. The van der Waals surface area contributed by atoms with Gasteiger partial charge in [0.1, 0.15) is 17.1 Å². The molecule has 9 nitrogen and oxygen atoms in total. The normalized spacial score (nSPS) is 24.3. The van der Waals surface area contributed by atoms with Crippen molar-refractivity contribution in [3.63, 3.8) is 0 Å². The number of rotatable bonds is 5. The maximum absolute atomic E-state index is 13.6. The van der Waals surface area contributed by atoms with E-state index in [9.17, 15) is 14.3 Å². The van der Waals surface area contributed by atoms with Crippen LogP contribution < -0.4 is 5.32 Å². The van der Waals surface area contributed by atoms with Gasteiger partial charge in [0, 0.05) is 37.1 Å². The smallest absolute Gasteiger partial charge is 0.274 e. The third-order valence-corrected chi connectivity index (χ3v) is 8.71. The number of aryl methyl sites for hydroxylation is 4. The monoisotopic (exact) mass is 551 g/mol. The van der Waals surface area contributed by atoms with Crippen LogP contribution in [0.3, 0.4) is 0 Å². The van der Waals surface area contributed by atoms with Crippen LogP contribution >= 0.6 is 11.6 Å². The van der Waals surface area contributed by atoms with Gasteiger partial charge in [-0.2, -0.15) is 4.98 Å². The average Bonchev–Trinajstić information content (AvgIpc) is 3.66. The number of imidazole rings is 1. The molecule has 1 amide bonds. The van der Waals surface area contributed by atoms with Crippen LogP contribution in [0.5, 0.6) is 0 Å².